The fourth-order valence-electron chi connectivity index (χ4n) is 1.94. The maximum absolute atomic E-state index is 11.9. The maximum atomic E-state index is 11.9. The summed E-state index contributed by atoms with van der Waals surface area (Å²) in [7, 11) is 0. The summed E-state index contributed by atoms with van der Waals surface area (Å²) in [6.45, 7) is 0.411. The van der Waals surface area contributed by atoms with Crippen LogP contribution in [0.2, 0.25) is 0 Å². The summed E-state index contributed by atoms with van der Waals surface area (Å²) < 4.78 is 9.65. The minimum Gasteiger partial charge on any atom is -0.350 e. The molecule has 21 heavy (non-hydrogen) atoms. The monoisotopic (exact) mass is 300 g/mol. The molecule has 0 fully saturated rings. The third kappa shape index (κ3) is 3.14. The van der Waals surface area contributed by atoms with Gasteiger partial charge in [0.2, 0.25) is 5.91 Å². The summed E-state index contributed by atoms with van der Waals surface area (Å²) in [6, 6.07) is 10.5. The molecule has 0 radical (unpaired) electrons. The van der Waals surface area contributed by atoms with Crippen molar-refractivity contribution >= 4 is 28.7 Å². The molecule has 0 saturated carbocycles. The molecule has 0 aliphatic rings. The molecule has 2 aromatic heterocycles. The predicted molar refractivity (Wildman–Crippen MR) is 80.0 cm³/mol. The predicted octanol–water partition coefficient (Wildman–Crippen LogP) is 1.17. The van der Waals surface area contributed by atoms with Gasteiger partial charge in [0.05, 0.1) is 11.7 Å². The van der Waals surface area contributed by atoms with E-state index >= 15 is 0 Å². The lowest BCUT2D eigenvalue weighted by atomic mass is 10.2. The Hall–Kier alpha value is -2.54. The first-order valence-electron chi connectivity index (χ1n) is 6.36. The van der Waals surface area contributed by atoms with Crippen LogP contribution < -0.4 is 10.9 Å². The van der Waals surface area contributed by atoms with E-state index in [9.17, 15) is 9.59 Å². The van der Waals surface area contributed by atoms with Crippen molar-refractivity contribution in [3.63, 3.8) is 0 Å². The van der Waals surface area contributed by atoms with E-state index in [1.165, 1.54) is 10.6 Å². The Morgan fingerprint density at radius 1 is 1.19 bits per heavy atom. The van der Waals surface area contributed by atoms with Crippen molar-refractivity contribution in [2.45, 2.75) is 13.1 Å². The smallest absolute Gasteiger partial charge is 0.250 e. The number of carbonyl (C=O) groups excluding carboxylic acids is 1. The van der Waals surface area contributed by atoms with Gasteiger partial charge in [-0.25, -0.2) is 0 Å². The third-order valence-electron chi connectivity index (χ3n) is 3.02. The summed E-state index contributed by atoms with van der Waals surface area (Å²) in [4.78, 5) is 23.4. The summed E-state index contributed by atoms with van der Waals surface area (Å²) in [5.41, 5.74) is 2.43. The van der Waals surface area contributed by atoms with Crippen molar-refractivity contribution in [3.05, 3.63) is 58.5 Å². The zero-order valence-corrected chi connectivity index (χ0v) is 11.8. The molecule has 1 aromatic carbocycles. The quantitative estimate of drug-likeness (QED) is 0.784. The molecule has 2 heterocycles. The summed E-state index contributed by atoms with van der Waals surface area (Å²) in [5.74, 6) is -0.209. The lowest BCUT2D eigenvalue weighted by Gasteiger charge is -2.07. The topological polar surface area (TPSA) is 76.9 Å². The zero-order chi connectivity index (χ0) is 14.7. The number of nitrogens with one attached hydrogen (secondary N) is 1. The number of aromatic nitrogens is 3. The van der Waals surface area contributed by atoms with Crippen LogP contribution in [-0.2, 0) is 17.9 Å². The zero-order valence-electron chi connectivity index (χ0n) is 11.0. The van der Waals surface area contributed by atoms with Crippen LogP contribution in [0.3, 0.4) is 0 Å². The number of rotatable bonds is 4. The maximum Gasteiger partial charge on any atom is 0.250 e. The molecule has 0 unspecified atom stereocenters. The summed E-state index contributed by atoms with van der Waals surface area (Å²) in [5, 5.41) is 2.79. The molecule has 0 aliphatic carbocycles. The third-order valence-corrected chi connectivity index (χ3v) is 3.58. The first kappa shape index (κ1) is 13.4. The van der Waals surface area contributed by atoms with E-state index in [0.717, 1.165) is 28.3 Å². The second-order valence-corrected chi connectivity index (χ2v) is 5.06. The van der Waals surface area contributed by atoms with Crippen molar-refractivity contribution in [3.8, 4) is 0 Å². The van der Waals surface area contributed by atoms with Gasteiger partial charge in [0, 0.05) is 18.8 Å². The van der Waals surface area contributed by atoms with Crippen LogP contribution in [0.25, 0.3) is 11.0 Å². The molecule has 0 atom stereocenters. The molecule has 0 spiro atoms. The van der Waals surface area contributed by atoms with Gasteiger partial charge in [-0.2, -0.15) is 8.75 Å². The van der Waals surface area contributed by atoms with Crippen LogP contribution in [0.4, 0.5) is 0 Å². The molecule has 0 saturated heterocycles. The number of hydrogen-bond acceptors (Lipinski definition) is 5. The molecule has 1 N–H and O–H groups in total. The highest BCUT2D eigenvalue weighted by molar-refractivity contribution is 7.00. The highest BCUT2D eigenvalue weighted by Gasteiger charge is 2.05. The number of fused-ring (bicyclic) bond motifs is 1. The molecule has 7 heteroatoms. The number of amides is 1. The van der Waals surface area contributed by atoms with Gasteiger partial charge in [-0.15, -0.1) is 0 Å². The summed E-state index contributed by atoms with van der Waals surface area (Å²) in [6.07, 6.45) is 1.59. The van der Waals surface area contributed by atoms with Crippen LogP contribution in [0.15, 0.2) is 47.4 Å². The number of carbonyl (C=O) groups is 1. The first-order chi connectivity index (χ1) is 10.2. The highest BCUT2D eigenvalue weighted by Crippen LogP contribution is 2.13. The van der Waals surface area contributed by atoms with Crippen molar-refractivity contribution in [2.75, 3.05) is 0 Å². The van der Waals surface area contributed by atoms with Crippen LogP contribution >= 0.6 is 11.7 Å². The average molecular weight is 300 g/mol. The Morgan fingerprint density at radius 3 is 2.90 bits per heavy atom. The van der Waals surface area contributed by atoms with Gasteiger partial charge in [0.15, 0.2) is 0 Å². The van der Waals surface area contributed by atoms with Gasteiger partial charge in [-0.05, 0) is 23.8 Å². The number of nitrogens with zero attached hydrogens (tertiary/aromatic N) is 3. The molecular formula is C14H12N4O2S. The van der Waals surface area contributed by atoms with E-state index in [1.54, 1.807) is 18.3 Å². The molecule has 106 valence electrons. The van der Waals surface area contributed by atoms with Crippen LogP contribution in [0.1, 0.15) is 5.56 Å². The molecule has 1 amide bonds. The molecule has 0 aliphatic heterocycles. The molecule has 3 aromatic rings. The molecule has 3 rings (SSSR count). The van der Waals surface area contributed by atoms with Gasteiger partial charge < -0.3 is 9.88 Å². The highest BCUT2D eigenvalue weighted by atomic mass is 32.1. The van der Waals surface area contributed by atoms with Gasteiger partial charge in [-0.3, -0.25) is 9.59 Å². The van der Waals surface area contributed by atoms with Crippen molar-refractivity contribution in [1.29, 1.82) is 0 Å². The Kier molecular flexibility index (Phi) is 3.74. The van der Waals surface area contributed by atoms with Gasteiger partial charge >= 0.3 is 0 Å². The lowest BCUT2D eigenvalue weighted by molar-refractivity contribution is -0.121. The first-order valence-corrected chi connectivity index (χ1v) is 7.09. The van der Waals surface area contributed by atoms with Gasteiger partial charge in [-0.1, -0.05) is 12.1 Å². The second-order valence-electron chi connectivity index (χ2n) is 4.53. The minimum atomic E-state index is -0.209. The standard InChI is InChI=1S/C14H12N4O2S/c19-13(9-18-6-2-1-3-14(18)20)15-8-10-4-5-11-12(7-10)17-21-16-11/h1-7H,8-9H2,(H,15,19). The van der Waals surface area contributed by atoms with Gasteiger partial charge in [0.25, 0.3) is 5.56 Å². The van der Waals surface area contributed by atoms with Crippen LogP contribution in [0, 0.1) is 0 Å². The van der Waals surface area contributed by atoms with E-state index in [-0.39, 0.29) is 18.0 Å². The van der Waals surface area contributed by atoms with Crippen molar-refractivity contribution in [2.24, 2.45) is 0 Å². The van der Waals surface area contributed by atoms with E-state index in [0.29, 0.717) is 6.54 Å². The fourth-order valence-corrected chi connectivity index (χ4v) is 2.46. The van der Waals surface area contributed by atoms with E-state index in [1.807, 2.05) is 18.2 Å². The lowest BCUT2D eigenvalue weighted by Crippen LogP contribution is -2.31. The van der Waals surface area contributed by atoms with Crippen molar-refractivity contribution in [1.82, 2.24) is 18.6 Å². The van der Waals surface area contributed by atoms with Crippen LogP contribution in [0.5, 0.6) is 0 Å². The fraction of sp³-hybridized carbons (Fsp3) is 0.143. The Bertz CT molecular complexity index is 840. The largest absolute Gasteiger partial charge is 0.350 e. The Morgan fingerprint density at radius 2 is 2.05 bits per heavy atom. The van der Waals surface area contributed by atoms with Crippen LogP contribution in [-0.4, -0.2) is 19.2 Å². The van der Waals surface area contributed by atoms with E-state index < -0.39 is 0 Å². The van der Waals surface area contributed by atoms with Crippen molar-refractivity contribution < 1.29 is 4.79 Å². The molecular weight excluding hydrogens is 288 g/mol. The normalized spacial score (nSPS) is 10.7. The second kappa shape index (κ2) is 5.84. The number of pyridine rings is 1. The Labute approximate surface area is 124 Å². The summed E-state index contributed by atoms with van der Waals surface area (Å²) >= 11 is 1.16. The molecule has 6 nitrogen and oxygen atoms in total. The van der Waals surface area contributed by atoms with Gasteiger partial charge in [0.1, 0.15) is 17.6 Å². The SMILES string of the molecule is O=C(Cn1ccccc1=O)NCc1ccc2nsnc2c1. The number of benzene rings is 1. The van der Waals surface area contributed by atoms with E-state index in [2.05, 4.69) is 14.1 Å². The average Bonchev–Trinajstić information content (AvgIpc) is 2.95. The Balaban J connectivity index is 1.63. The molecule has 0 bridgehead atoms. The van der Waals surface area contributed by atoms with E-state index in [4.69, 9.17) is 0 Å². The minimum absolute atomic E-state index is 0.0141. The number of hydrogen-bond donors (Lipinski definition) is 1.